The molecule has 1 atom stereocenters. The van der Waals surface area contributed by atoms with Crippen molar-refractivity contribution in [2.75, 3.05) is 13.1 Å². The SMILES string of the molecule is CCCC1CCC(CN2CCC[C@H]2C(=O)O)CC1. The molecule has 0 amide bonds. The van der Waals surface area contributed by atoms with Gasteiger partial charge in [0.15, 0.2) is 0 Å². The number of aliphatic carboxylic acids is 1. The molecule has 0 unspecified atom stereocenters. The van der Waals surface area contributed by atoms with E-state index in [4.69, 9.17) is 0 Å². The van der Waals surface area contributed by atoms with Gasteiger partial charge in [-0.3, -0.25) is 9.69 Å². The Morgan fingerprint density at radius 2 is 1.83 bits per heavy atom. The van der Waals surface area contributed by atoms with E-state index in [2.05, 4.69) is 11.8 Å². The van der Waals surface area contributed by atoms with Gasteiger partial charge in [0, 0.05) is 6.54 Å². The average Bonchev–Trinajstić information content (AvgIpc) is 2.80. The Morgan fingerprint density at radius 1 is 1.17 bits per heavy atom. The second-order valence-corrected chi connectivity index (χ2v) is 6.17. The van der Waals surface area contributed by atoms with Gasteiger partial charge < -0.3 is 5.11 Å². The first-order valence-electron chi connectivity index (χ1n) is 7.67. The molecule has 1 saturated carbocycles. The third-order valence-corrected chi connectivity index (χ3v) is 4.80. The minimum Gasteiger partial charge on any atom is -0.480 e. The van der Waals surface area contributed by atoms with E-state index in [9.17, 15) is 9.90 Å². The maximum atomic E-state index is 11.1. The fourth-order valence-corrected chi connectivity index (χ4v) is 3.77. The highest BCUT2D eigenvalue weighted by Crippen LogP contribution is 2.33. The van der Waals surface area contributed by atoms with Gasteiger partial charge in [0.2, 0.25) is 0 Å². The molecule has 0 radical (unpaired) electrons. The number of rotatable bonds is 5. The predicted molar refractivity (Wildman–Crippen MR) is 72.6 cm³/mol. The van der Waals surface area contributed by atoms with Crippen molar-refractivity contribution >= 4 is 5.97 Å². The van der Waals surface area contributed by atoms with Gasteiger partial charge in [-0.25, -0.2) is 0 Å². The molecule has 1 aliphatic carbocycles. The highest BCUT2D eigenvalue weighted by molar-refractivity contribution is 5.73. The van der Waals surface area contributed by atoms with Gasteiger partial charge in [0.05, 0.1) is 0 Å². The molecule has 2 fully saturated rings. The average molecular weight is 253 g/mol. The number of carboxylic acid groups (broad SMARTS) is 1. The zero-order valence-corrected chi connectivity index (χ0v) is 11.6. The van der Waals surface area contributed by atoms with Crippen LogP contribution in [0.1, 0.15) is 58.3 Å². The lowest BCUT2D eigenvalue weighted by atomic mass is 9.80. The summed E-state index contributed by atoms with van der Waals surface area (Å²) in [5.41, 5.74) is 0. The van der Waals surface area contributed by atoms with Gasteiger partial charge in [0.25, 0.3) is 0 Å². The molecule has 3 heteroatoms. The van der Waals surface area contributed by atoms with E-state index in [-0.39, 0.29) is 6.04 Å². The Bertz CT molecular complexity index is 272. The van der Waals surface area contributed by atoms with Crippen molar-refractivity contribution in [3.63, 3.8) is 0 Å². The smallest absolute Gasteiger partial charge is 0.320 e. The summed E-state index contributed by atoms with van der Waals surface area (Å²) in [4.78, 5) is 13.4. The molecule has 1 saturated heterocycles. The van der Waals surface area contributed by atoms with Crippen LogP contribution in [0.5, 0.6) is 0 Å². The molecule has 0 aromatic rings. The van der Waals surface area contributed by atoms with Crippen molar-refractivity contribution < 1.29 is 9.90 Å². The van der Waals surface area contributed by atoms with E-state index in [0.29, 0.717) is 0 Å². The zero-order valence-electron chi connectivity index (χ0n) is 11.6. The summed E-state index contributed by atoms with van der Waals surface area (Å²) in [6.45, 7) is 4.29. The molecule has 0 aromatic carbocycles. The molecule has 1 aliphatic heterocycles. The molecule has 1 N–H and O–H groups in total. The van der Waals surface area contributed by atoms with Gasteiger partial charge in [0.1, 0.15) is 6.04 Å². The minimum absolute atomic E-state index is 0.196. The topological polar surface area (TPSA) is 40.5 Å². The van der Waals surface area contributed by atoms with Crippen LogP contribution in [0.25, 0.3) is 0 Å². The summed E-state index contributed by atoms with van der Waals surface area (Å²) < 4.78 is 0. The number of hydrogen-bond donors (Lipinski definition) is 1. The van der Waals surface area contributed by atoms with E-state index in [1.165, 1.54) is 38.5 Å². The summed E-state index contributed by atoms with van der Waals surface area (Å²) in [7, 11) is 0. The standard InChI is InChI=1S/C15H27NO2/c1-2-4-12-6-8-13(9-7-12)11-16-10-3-5-14(16)15(17)18/h12-14H,2-11H2,1H3,(H,17,18)/t12?,13?,14-/m0/s1. The molecule has 0 aromatic heterocycles. The van der Waals surface area contributed by atoms with Crippen LogP contribution in [0.3, 0.4) is 0 Å². The Kier molecular flexibility index (Phi) is 5.04. The highest BCUT2D eigenvalue weighted by Gasteiger charge is 2.32. The second-order valence-electron chi connectivity index (χ2n) is 6.17. The molecule has 0 spiro atoms. The third-order valence-electron chi connectivity index (χ3n) is 4.80. The lowest BCUT2D eigenvalue weighted by molar-refractivity contribution is -0.142. The number of likely N-dealkylation sites (tertiary alicyclic amines) is 1. The van der Waals surface area contributed by atoms with Crippen LogP contribution < -0.4 is 0 Å². The minimum atomic E-state index is -0.618. The van der Waals surface area contributed by atoms with Crippen molar-refractivity contribution in [1.82, 2.24) is 4.90 Å². The molecule has 1 heterocycles. The number of carbonyl (C=O) groups is 1. The van der Waals surface area contributed by atoms with Crippen LogP contribution in [0.15, 0.2) is 0 Å². The zero-order chi connectivity index (χ0) is 13.0. The first-order valence-corrected chi connectivity index (χ1v) is 7.67. The number of nitrogens with zero attached hydrogens (tertiary/aromatic N) is 1. The van der Waals surface area contributed by atoms with Gasteiger partial charge in [-0.15, -0.1) is 0 Å². The lowest BCUT2D eigenvalue weighted by Gasteiger charge is -2.32. The van der Waals surface area contributed by atoms with Crippen LogP contribution in [-0.2, 0) is 4.79 Å². The van der Waals surface area contributed by atoms with Crippen molar-refractivity contribution in [3.05, 3.63) is 0 Å². The molecule has 18 heavy (non-hydrogen) atoms. The molecular weight excluding hydrogens is 226 g/mol. The van der Waals surface area contributed by atoms with E-state index in [1.807, 2.05) is 0 Å². The third kappa shape index (κ3) is 3.47. The van der Waals surface area contributed by atoms with Gasteiger partial charge in [-0.2, -0.15) is 0 Å². The number of carboxylic acids is 1. The van der Waals surface area contributed by atoms with Crippen molar-refractivity contribution in [3.8, 4) is 0 Å². The molecule has 2 aliphatic rings. The highest BCUT2D eigenvalue weighted by atomic mass is 16.4. The van der Waals surface area contributed by atoms with Crippen LogP contribution in [0.4, 0.5) is 0 Å². The van der Waals surface area contributed by atoms with Gasteiger partial charge in [-0.05, 0) is 44.1 Å². The number of hydrogen-bond acceptors (Lipinski definition) is 2. The van der Waals surface area contributed by atoms with Crippen LogP contribution >= 0.6 is 0 Å². The van der Waals surface area contributed by atoms with Crippen molar-refractivity contribution in [2.45, 2.75) is 64.3 Å². The monoisotopic (exact) mass is 253 g/mol. The summed E-state index contributed by atoms with van der Waals surface area (Å²) >= 11 is 0. The maximum absolute atomic E-state index is 11.1. The van der Waals surface area contributed by atoms with Gasteiger partial charge in [-0.1, -0.05) is 32.6 Å². The Labute approximate surface area is 111 Å². The van der Waals surface area contributed by atoms with E-state index in [0.717, 1.165) is 37.8 Å². The normalized spacial score (nSPS) is 33.7. The Balaban J connectivity index is 1.75. The summed E-state index contributed by atoms with van der Waals surface area (Å²) in [5, 5.41) is 9.18. The fourth-order valence-electron chi connectivity index (χ4n) is 3.77. The van der Waals surface area contributed by atoms with E-state index >= 15 is 0 Å². The first-order chi connectivity index (χ1) is 8.70. The molecular formula is C15H27NO2. The summed E-state index contributed by atoms with van der Waals surface area (Å²) in [6, 6.07) is -0.196. The molecule has 2 rings (SSSR count). The van der Waals surface area contributed by atoms with Crippen LogP contribution in [0, 0.1) is 11.8 Å². The van der Waals surface area contributed by atoms with E-state index in [1.54, 1.807) is 0 Å². The molecule has 3 nitrogen and oxygen atoms in total. The molecule has 104 valence electrons. The predicted octanol–water partition coefficient (Wildman–Crippen LogP) is 3.14. The van der Waals surface area contributed by atoms with Crippen LogP contribution in [0.2, 0.25) is 0 Å². The largest absolute Gasteiger partial charge is 0.480 e. The van der Waals surface area contributed by atoms with Crippen LogP contribution in [-0.4, -0.2) is 35.1 Å². The first kappa shape index (κ1) is 13.9. The Morgan fingerprint density at radius 3 is 2.44 bits per heavy atom. The molecule has 0 bridgehead atoms. The van der Waals surface area contributed by atoms with Gasteiger partial charge >= 0.3 is 5.97 Å². The summed E-state index contributed by atoms with van der Waals surface area (Å²) in [6.07, 6.45) is 9.95. The van der Waals surface area contributed by atoms with Crippen molar-refractivity contribution in [1.29, 1.82) is 0 Å². The fraction of sp³-hybridized carbons (Fsp3) is 0.933. The van der Waals surface area contributed by atoms with Crippen molar-refractivity contribution in [2.24, 2.45) is 11.8 Å². The lowest BCUT2D eigenvalue weighted by Crippen LogP contribution is -2.39. The Hall–Kier alpha value is -0.570. The summed E-state index contributed by atoms with van der Waals surface area (Å²) in [5.74, 6) is 1.07. The second kappa shape index (κ2) is 6.55. The quantitative estimate of drug-likeness (QED) is 0.818. The maximum Gasteiger partial charge on any atom is 0.320 e. The van der Waals surface area contributed by atoms with E-state index < -0.39 is 5.97 Å².